The molecule has 13 heteroatoms. The number of carboxylic acid groups (broad SMARTS) is 1. The van der Waals surface area contributed by atoms with Crippen LogP contribution in [0.15, 0.2) is 83.9 Å². The molecular weight excluding hydrogens is 591 g/mol. The number of alkyl halides is 3. The summed E-state index contributed by atoms with van der Waals surface area (Å²) in [5.41, 5.74) is 4.20. The number of allylic oxidation sites excluding steroid dienone is 2. The van der Waals surface area contributed by atoms with Gasteiger partial charge >= 0.3 is 12.3 Å². The van der Waals surface area contributed by atoms with Crippen LogP contribution in [0.2, 0.25) is 0 Å². The van der Waals surface area contributed by atoms with Gasteiger partial charge < -0.3 is 25.2 Å². The summed E-state index contributed by atoms with van der Waals surface area (Å²) in [5.74, 6) is -2.35. The molecule has 3 aromatic rings. The maximum absolute atomic E-state index is 12.6. The second-order valence-corrected chi connectivity index (χ2v) is 10.1. The number of amides is 1. The van der Waals surface area contributed by atoms with Crippen molar-refractivity contribution in [3.8, 4) is 11.9 Å². The summed E-state index contributed by atoms with van der Waals surface area (Å²) in [6, 6.07) is 19.0. The number of aliphatic carboxylic acids is 1. The Morgan fingerprint density at radius 1 is 1.02 bits per heavy atom. The molecule has 0 saturated carbocycles. The van der Waals surface area contributed by atoms with Gasteiger partial charge in [0, 0.05) is 11.3 Å². The number of hydrogen-bond acceptors (Lipinski definition) is 6. The molecule has 4 N–H and O–H groups in total. The molecule has 1 atom stereocenters. The smallest absolute Gasteiger partial charge is 0.479 e. The van der Waals surface area contributed by atoms with E-state index in [0.29, 0.717) is 11.3 Å². The number of aliphatic imine (C=N–C) groups is 1. The fourth-order valence-corrected chi connectivity index (χ4v) is 4.62. The third kappa shape index (κ3) is 9.57. The highest BCUT2D eigenvalue weighted by Crippen LogP contribution is 2.30. The molecule has 10 nitrogen and oxygen atoms in total. The van der Waals surface area contributed by atoms with Gasteiger partial charge in [-0.3, -0.25) is 10.1 Å². The largest absolute Gasteiger partial charge is 0.573 e. The van der Waals surface area contributed by atoms with Gasteiger partial charge in [0.1, 0.15) is 5.75 Å². The Morgan fingerprint density at radius 2 is 1.71 bits per heavy atom. The van der Waals surface area contributed by atoms with Gasteiger partial charge in [0.2, 0.25) is 5.96 Å². The molecule has 1 aliphatic rings. The molecule has 1 aliphatic carbocycles. The Hall–Kier alpha value is -5.35. The van der Waals surface area contributed by atoms with Crippen LogP contribution in [0.4, 0.5) is 24.5 Å². The van der Waals surface area contributed by atoms with Crippen LogP contribution in [0, 0.1) is 11.5 Å². The minimum absolute atomic E-state index is 0.0936. The van der Waals surface area contributed by atoms with Gasteiger partial charge in [-0.05, 0) is 90.9 Å². The highest BCUT2D eigenvalue weighted by molar-refractivity contribution is 5.98. The van der Waals surface area contributed by atoms with E-state index in [9.17, 15) is 33.1 Å². The second-order valence-electron chi connectivity index (χ2n) is 10.1. The molecule has 0 fully saturated rings. The number of aliphatic hydroxyl groups excluding tert-OH is 1. The molecule has 4 rings (SSSR count). The zero-order valence-corrected chi connectivity index (χ0v) is 23.9. The van der Waals surface area contributed by atoms with Gasteiger partial charge in [-0.25, -0.2) is 9.79 Å². The lowest BCUT2D eigenvalue weighted by Gasteiger charge is -2.26. The number of anilines is 1. The number of aliphatic hydroxyl groups is 1. The molecule has 0 saturated heterocycles. The van der Waals surface area contributed by atoms with Crippen LogP contribution in [0.5, 0.6) is 5.75 Å². The first-order valence-electron chi connectivity index (χ1n) is 14.0. The van der Waals surface area contributed by atoms with E-state index in [1.165, 1.54) is 29.8 Å². The van der Waals surface area contributed by atoms with Crippen LogP contribution in [0.1, 0.15) is 47.2 Å². The van der Waals surface area contributed by atoms with Gasteiger partial charge in [-0.1, -0.05) is 30.3 Å². The summed E-state index contributed by atoms with van der Waals surface area (Å²) >= 11 is 0. The van der Waals surface area contributed by atoms with Crippen molar-refractivity contribution >= 4 is 34.8 Å². The summed E-state index contributed by atoms with van der Waals surface area (Å²) in [5, 5.41) is 32.7. The van der Waals surface area contributed by atoms with E-state index in [1.807, 2.05) is 30.5 Å². The van der Waals surface area contributed by atoms with Crippen LogP contribution in [-0.4, -0.2) is 47.1 Å². The molecule has 0 unspecified atom stereocenters. The monoisotopic (exact) mass is 621 g/mol. The fourth-order valence-electron chi connectivity index (χ4n) is 4.62. The Morgan fingerprint density at radius 3 is 2.29 bits per heavy atom. The zero-order valence-electron chi connectivity index (χ0n) is 23.9. The van der Waals surface area contributed by atoms with Crippen molar-refractivity contribution in [2.75, 3.05) is 11.4 Å². The average Bonchev–Trinajstić information content (AvgIpc) is 3.03. The molecular formula is C32H30F3N5O5. The minimum atomic E-state index is -4.84. The Bertz CT molecular complexity index is 1580. The average molecular weight is 622 g/mol. The molecule has 0 spiro atoms. The molecule has 45 heavy (non-hydrogen) atoms. The molecule has 1 amide bonds. The fraction of sp³-hybridized carbons (Fsp3) is 0.250. The third-order valence-electron chi connectivity index (χ3n) is 6.87. The first kappa shape index (κ1) is 32.6. The number of benzene rings is 3. The number of carboxylic acids is 1. The molecule has 234 valence electrons. The van der Waals surface area contributed by atoms with E-state index in [0.717, 1.165) is 43.4 Å². The van der Waals surface area contributed by atoms with Gasteiger partial charge in [0.25, 0.3) is 5.91 Å². The van der Waals surface area contributed by atoms with E-state index in [2.05, 4.69) is 26.4 Å². The van der Waals surface area contributed by atoms with Crippen LogP contribution in [0.25, 0.3) is 5.57 Å². The normalized spacial score (nSPS) is 14.0. The highest BCUT2D eigenvalue weighted by Gasteiger charge is 2.31. The van der Waals surface area contributed by atoms with Crippen molar-refractivity contribution in [1.29, 1.82) is 5.26 Å². The lowest BCUT2D eigenvalue weighted by Crippen LogP contribution is -2.39. The third-order valence-corrected chi connectivity index (χ3v) is 6.87. The number of nitrogens with zero attached hydrogens (tertiary/aromatic N) is 3. The van der Waals surface area contributed by atoms with E-state index >= 15 is 0 Å². The van der Waals surface area contributed by atoms with Gasteiger partial charge in [-0.15, -0.1) is 13.2 Å². The molecule has 0 heterocycles. The number of halogens is 3. The predicted octanol–water partition coefficient (Wildman–Crippen LogP) is 5.48. The Kier molecular flexibility index (Phi) is 10.8. The molecule has 0 aromatic heterocycles. The Labute approximate surface area is 257 Å². The summed E-state index contributed by atoms with van der Waals surface area (Å²) in [6.45, 7) is -0.288. The van der Waals surface area contributed by atoms with E-state index in [-0.39, 0.29) is 23.8 Å². The standard InChI is InChI=1S/C32H30F3N5O5/c33-32(34,35)45-27-16-12-25(13-17-27)39-31(38-20-36)40(26-14-10-23(11-15-26)22-4-2-1-3-5-22)19-21-6-8-24(9-7-21)29(42)37-18-28(41)30(43)44/h4,6-17,28,41H,1-3,5,18-19H2,(H,37,42)(H,38,39)(H,43,44)/t28-/m1/s1. The van der Waals surface area contributed by atoms with Crippen molar-refractivity contribution in [3.63, 3.8) is 0 Å². The van der Waals surface area contributed by atoms with Crippen molar-refractivity contribution in [2.24, 2.45) is 4.99 Å². The molecule has 0 radical (unpaired) electrons. The maximum Gasteiger partial charge on any atom is 0.573 e. The lowest BCUT2D eigenvalue weighted by atomic mass is 9.93. The van der Waals surface area contributed by atoms with Crippen molar-refractivity contribution in [2.45, 2.75) is 44.7 Å². The van der Waals surface area contributed by atoms with E-state index in [4.69, 9.17) is 5.11 Å². The SMILES string of the molecule is N#CNC(=Nc1ccc(OC(F)(F)F)cc1)N(Cc1ccc(C(=O)NC[C@@H](O)C(=O)O)cc1)c1ccc(C2=CCCCC2)cc1. The molecule has 0 bridgehead atoms. The van der Waals surface area contributed by atoms with Crippen LogP contribution >= 0.6 is 0 Å². The van der Waals surface area contributed by atoms with Crippen molar-refractivity contribution in [1.82, 2.24) is 10.6 Å². The Balaban J connectivity index is 1.63. The number of guanidine groups is 1. The number of rotatable bonds is 10. The number of hydrogen-bond donors (Lipinski definition) is 4. The first-order valence-corrected chi connectivity index (χ1v) is 14.0. The first-order chi connectivity index (χ1) is 21.5. The second kappa shape index (κ2) is 14.9. The van der Waals surface area contributed by atoms with E-state index in [1.54, 1.807) is 17.0 Å². The molecule has 3 aromatic carbocycles. The van der Waals surface area contributed by atoms with E-state index < -0.39 is 36.6 Å². The number of nitriles is 1. The number of nitrogens with one attached hydrogen (secondary N) is 2. The minimum Gasteiger partial charge on any atom is -0.479 e. The van der Waals surface area contributed by atoms with Crippen molar-refractivity contribution in [3.05, 3.63) is 95.6 Å². The maximum atomic E-state index is 12.6. The highest BCUT2D eigenvalue weighted by atomic mass is 19.4. The summed E-state index contributed by atoms with van der Waals surface area (Å²) in [7, 11) is 0. The summed E-state index contributed by atoms with van der Waals surface area (Å²) < 4.78 is 41.8. The van der Waals surface area contributed by atoms with Gasteiger partial charge in [0.15, 0.2) is 12.3 Å². The number of ether oxygens (including phenoxy) is 1. The summed E-state index contributed by atoms with van der Waals surface area (Å²) in [6.07, 6.45) is 1.79. The number of carbonyl (C=O) groups excluding carboxylic acids is 1. The van der Waals surface area contributed by atoms with Crippen LogP contribution in [0.3, 0.4) is 0 Å². The zero-order chi connectivity index (χ0) is 32.4. The van der Waals surface area contributed by atoms with Crippen LogP contribution < -0.4 is 20.3 Å². The molecule has 0 aliphatic heterocycles. The number of carbonyl (C=O) groups is 2. The van der Waals surface area contributed by atoms with Gasteiger partial charge in [0.05, 0.1) is 18.8 Å². The topological polar surface area (TPSA) is 147 Å². The quantitative estimate of drug-likeness (QED) is 0.101. The van der Waals surface area contributed by atoms with Crippen molar-refractivity contribution < 1.29 is 37.7 Å². The summed E-state index contributed by atoms with van der Waals surface area (Å²) in [4.78, 5) is 29.4. The van der Waals surface area contributed by atoms with Gasteiger partial charge in [-0.2, -0.15) is 5.26 Å². The predicted molar refractivity (Wildman–Crippen MR) is 160 cm³/mol. The lowest BCUT2D eigenvalue weighted by molar-refractivity contribution is -0.274. The van der Waals surface area contributed by atoms with Crippen LogP contribution in [-0.2, 0) is 11.3 Å².